The van der Waals surface area contributed by atoms with E-state index in [1.54, 1.807) is 24.3 Å². The Morgan fingerprint density at radius 2 is 2.20 bits per heavy atom. The number of ether oxygens (including phenoxy) is 1. The molecule has 7 heteroatoms. The number of methoxy groups -OCH3 is 1. The van der Waals surface area contributed by atoms with Crippen LogP contribution >= 0.6 is 43.2 Å². The number of nitriles is 1. The summed E-state index contributed by atoms with van der Waals surface area (Å²) in [7, 11) is 1.49. The van der Waals surface area contributed by atoms with Gasteiger partial charge in [0, 0.05) is 0 Å². The van der Waals surface area contributed by atoms with Crippen molar-refractivity contribution in [1.82, 2.24) is 0 Å². The van der Waals surface area contributed by atoms with Crippen molar-refractivity contribution < 1.29 is 9.53 Å². The molecule has 0 saturated heterocycles. The summed E-state index contributed by atoms with van der Waals surface area (Å²) < 4.78 is 6.74. The minimum atomic E-state index is -0.306. The number of nitrogens with zero attached hydrogens (tertiary/aromatic N) is 1. The molecule has 1 heterocycles. The average molecular weight is 416 g/mol. The van der Waals surface area contributed by atoms with E-state index >= 15 is 0 Å². The fourth-order valence-corrected chi connectivity index (χ4v) is 4.39. The lowest BCUT2D eigenvalue weighted by Gasteiger charge is -2.11. The van der Waals surface area contributed by atoms with Crippen molar-refractivity contribution in [2.45, 2.75) is 0 Å². The van der Waals surface area contributed by atoms with Crippen molar-refractivity contribution in [3.8, 4) is 11.8 Å². The zero-order valence-corrected chi connectivity index (χ0v) is 14.2. The maximum Gasteiger partial charge on any atom is 0.257 e. The van der Waals surface area contributed by atoms with E-state index in [1.165, 1.54) is 18.4 Å². The number of amides is 1. The quantitative estimate of drug-likeness (QED) is 0.807. The minimum absolute atomic E-state index is 0.306. The summed E-state index contributed by atoms with van der Waals surface area (Å²) >= 11 is 8.06. The number of para-hydroxylation sites is 1. The van der Waals surface area contributed by atoms with Gasteiger partial charge in [0.25, 0.3) is 5.91 Å². The first kappa shape index (κ1) is 15.0. The van der Waals surface area contributed by atoms with Gasteiger partial charge in [-0.2, -0.15) is 5.26 Å². The van der Waals surface area contributed by atoms with E-state index in [-0.39, 0.29) is 5.91 Å². The number of hydrogen-bond donors (Lipinski definition) is 1. The van der Waals surface area contributed by atoms with Crippen LogP contribution in [-0.2, 0) is 0 Å². The van der Waals surface area contributed by atoms with Gasteiger partial charge in [0.05, 0.1) is 25.8 Å². The van der Waals surface area contributed by atoms with Crippen molar-refractivity contribution in [2.75, 3.05) is 12.4 Å². The van der Waals surface area contributed by atoms with Crippen LogP contribution in [0, 0.1) is 11.3 Å². The van der Waals surface area contributed by atoms with Crippen molar-refractivity contribution in [2.24, 2.45) is 0 Å². The van der Waals surface area contributed by atoms with Gasteiger partial charge in [-0.1, -0.05) is 6.07 Å². The van der Waals surface area contributed by atoms with Crippen molar-refractivity contribution >= 4 is 54.8 Å². The molecule has 0 aliphatic heterocycles. The van der Waals surface area contributed by atoms with E-state index < -0.39 is 0 Å². The third kappa shape index (κ3) is 3.03. The number of halogens is 2. The first-order valence-electron chi connectivity index (χ1n) is 5.40. The molecule has 4 nitrogen and oxygen atoms in total. The molecule has 0 atom stereocenters. The second kappa shape index (κ2) is 6.39. The Morgan fingerprint density at radius 1 is 1.45 bits per heavy atom. The summed E-state index contributed by atoms with van der Waals surface area (Å²) in [4.78, 5) is 12.3. The van der Waals surface area contributed by atoms with E-state index in [9.17, 15) is 4.79 Å². The molecule has 1 N–H and O–H groups in total. The third-order valence-electron chi connectivity index (χ3n) is 2.51. The van der Waals surface area contributed by atoms with Crippen molar-refractivity contribution in [3.63, 3.8) is 0 Å². The zero-order valence-electron chi connectivity index (χ0n) is 10.2. The highest BCUT2D eigenvalue weighted by atomic mass is 79.9. The molecule has 0 unspecified atom stereocenters. The van der Waals surface area contributed by atoms with Crippen LogP contribution in [0.15, 0.2) is 31.8 Å². The number of anilines is 1. The highest BCUT2D eigenvalue weighted by Gasteiger charge is 2.17. The van der Waals surface area contributed by atoms with E-state index in [0.717, 1.165) is 7.57 Å². The summed E-state index contributed by atoms with van der Waals surface area (Å²) in [6, 6.07) is 8.76. The number of carbonyl (C=O) groups excluding carboxylic acids is 1. The Kier molecular flexibility index (Phi) is 4.81. The lowest BCUT2D eigenvalue weighted by molar-refractivity contribution is 0.102. The van der Waals surface area contributed by atoms with Crippen molar-refractivity contribution in [3.05, 3.63) is 43.0 Å². The molecular weight excluding hydrogens is 408 g/mol. The summed E-state index contributed by atoms with van der Waals surface area (Å²) in [5, 5.41) is 11.8. The van der Waals surface area contributed by atoms with Crippen LogP contribution in [0.4, 0.5) is 5.69 Å². The monoisotopic (exact) mass is 414 g/mol. The summed E-state index contributed by atoms with van der Waals surface area (Å²) in [5.74, 6) is 0.141. The molecule has 2 aromatic rings. The normalized spacial score (nSPS) is 9.90. The molecule has 1 aromatic carbocycles. The topological polar surface area (TPSA) is 62.1 Å². The molecule has 0 saturated carbocycles. The summed E-state index contributed by atoms with van der Waals surface area (Å²) in [5.41, 5.74) is 1.22. The number of carbonyl (C=O) groups is 1. The fourth-order valence-electron chi connectivity index (χ4n) is 1.60. The number of benzene rings is 1. The minimum Gasteiger partial charge on any atom is -0.495 e. The maximum atomic E-state index is 12.3. The van der Waals surface area contributed by atoms with Gasteiger partial charge < -0.3 is 10.1 Å². The predicted octanol–water partition coefficient (Wildman–Crippen LogP) is 4.41. The largest absolute Gasteiger partial charge is 0.495 e. The van der Waals surface area contributed by atoms with Crippen LogP contribution in [-0.4, -0.2) is 13.0 Å². The predicted molar refractivity (Wildman–Crippen MR) is 85.4 cm³/mol. The Balaban J connectivity index is 2.37. The van der Waals surface area contributed by atoms with Crippen LogP contribution in [0.1, 0.15) is 15.9 Å². The number of rotatable bonds is 3. The molecule has 0 aliphatic carbocycles. The van der Waals surface area contributed by atoms with E-state index in [2.05, 4.69) is 37.2 Å². The lowest BCUT2D eigenvalue weighted by atomic mass is 10.1. The molecule has 1 amide bonds. The van der Waals surface area contributed by atoms with Crippen LogP contribution < -0.4 is 10.1 Å². The summed E-state index contributed by atoms with van der Waals surface area (Å²) in [6.07, 6.45) is 0. The van der Waals surface area contributed by atoms with Gasteiger partial charge in [0.2, 0.25) is 0 Å². The van der Waals surface area contributed by atoms with Gasteiger partial charge in [-0.05, 0) is 50.1 Å². The second-order valence-corrected chi connectivity index (χ2v) is 7.44. The number of hydrogen-bond acceptors (Lipinski definition) is 4. The van der Waals surface area contributed by atoms with Crippen molar-refractivity contribution in [1.29, 1.82) is 5.26 Å². The van der Waals surface area contributed by atoms with Gasteiger partial charge in [-0.3, -0.25) is 4.79 Å². The highest BCUT2D eigenvalue weighted by molar-refractivity contribution is 9.12. The van der Waals surface area contributed by atoms with Gasteiger partial charge in [-0.15, -0.1) is 11.3 Å². The first-order chi connectivity index (χ1) is 9.56. The number of nitrogens with one attached hydrogen (secondary N) is 1. The SMILES string of the molecule is COc1cccc(C#N)c1NC(=O)c1cc(Br)sc1Br. The van der Waals surface area contributed by atoms with Gasteiger partial charge in [0.15, 0.2) is 0 Å². The van der Waals surface area contributed by atoms with Crippen LogP contribution in [0.2, 0.25) is 0 Å². The van der Waals surface area contributed by atoms with Gasteiger partial charge >= 0.3 is 0 Å². The standard InChI is InChI=1S/C13H8Br2N2O2S/c1-19-9-4-2-3-7(6-16)11(9)17-13(18)8-5-10(14)20-12(8)15/h2-5H,1H3,(H,17,18). The van der Waals surface area contributed by atoms with Crippen LogP contribution in [0.5, 0.6) is 5.75 Å². The number of thiophene rings is 1. The Morgan fingerprint density at radius 3 is 2.75 bits per heavy atom. The fraction of sp³-hybridized carbons (Fsp3) is 0.0769. The summed E-state index contributed by atoms with van der Waals surface area (Å²) in [6.45, 7) is 0. The van der Waals surface area contributed by atoms with E-state index in [0.29, 0.717) is 22.6 Å². The van der Waals surface area contributed by atoms with Crippen LogP contribution in [0.3, 0.4) is 0 Å². The Labute approximate surface area is 136 Å². The average Bonchev–Trinajstić information content (AvgIpc) is 2.78. The van der Waals surface area contributed by atoms with Gasteiger partial charge in [-0.25, -0.2) is 0 Å². The smallest absolute Gasteiger partial charge is 0.257 e. The highest BCUT2D eigenvalue weighted by Crippen LogP contribution is 2.34. The molecule has 0 fully saturated rings. The molecule has 0 spiro atoms. The molecule has 0 bridgehead atoms. The molecular formula is C13H8Br2N2O2S. The maximum absolute atomic E-state index is 12.3. The van der Waals surface area contributed by atoms with E-state index in [1.807, 2.05) is 6.07 Å². The van der Waals surface area contributed by atoms with Crippen LogP contribution in [0.25, 0.3) is 0 Å². The zero-order chi connectivity index (χ0) is 14.7. The molecule has 102 valence electrons. The second-order valence-electron chi connectivity index (χ2n) is 3.69. The molecule has 1 aromatic heterocycles. The Bertz CT molecular complexity index is 707. The molecule has 2 rings (SSSR count). The molecule has 20 heavy (non-hydrogen) atoms. The Hall–Kier alpha value is -1.36. The third-order valence-corrected chi connectivity index (χ3v) is 4.85. The first-order valence-corrected chi connectivity index (χ1v) is 7.80. The van der Waals surface area contributed by atoms with Gasteiger partial charge in [0.1, 0.15) is 17.5 Å². The molecule has 0 aliphatic rings. The van der Waals surface area contributed by atoms with E-state index in [4.69, 9.17) is 10.00 Å². The molecule has 0 radical (unpaired) electrons. The lowest BCUT2D eigenvalue weighted by Crippen LogP contribution is -2.13.